The van der Waals surface area contributed by atoms with Gasteiger partial charge in [0.25, 0.3) is 0 Å². The van der Waals surface area contributed by atoms with E-state index in [4.69, 9.17) is 21.3 Å². The largest absolute Gasteiger partial charge is 0.424 e. The Morgan fingerprint density at radius 3 is 2.41 bits per heavy atom. The van der Waals surface area contributed by atoms with Crippen molar-refractivity contribution in [2.45, 2.75) is 0 Å². The second-order valence-corrected chi connectivity index (χ2v) is 9.38. The number of aromatic nitrogens is 8. The van der Waals surface area contributed by atoms with Crippen molar-refractivity contribution >= 4 is 40.5 Å². The number of carbonyl (C=O) groups excluding carboxylic acids is 1. The van der Waals surface area contributed by atoms with Crippen molar-refractivity contribution in [1.29, 1.82) is 0 Å². The predicted octanol–water partition coefficient (Wildman–Crippen LogP) is 4.92. The van der Waals surface area contributed by atoms with E-state index in [9.17, 15) is 4.79 Å². The Bertz CT molecular complexity index is 1820. The number of carbonyl (C=O) groups is 1. The first kappa shape index (κ1) is 25.7. The Hall–Kier alpha value is -5.56. The van der Waals surface area contributed by atoms with Crippen molar-refractivity contribution in [3.8, 4) is 28.6 Å². The molecule has 6 rings (SSSR count). The van der Waals surface area contributed by atoms with Crippen molar-refractivity contribution in [1.82, 2.24) is 39.6 Å². The number of fused-ring (bicyclic) bond motifs is 1. The number of anilines is 3. The van der Waals surface area contributed by atoms with Crippen molar-refractivity contribution in [2.24, 2.45) is 0 Å². The minimum atomic E-state index is -0.520. The summed E-state index contributed by atoms with van der Waals surface area (Å²) in [6.45, 7) is 0. The second kappa shape index (κ2) is 10.9. The summed E-state index contributed by atoms with van der Waals surface area (Å²) in [5.74, 6) is 1.39. The molecule has 2 aromatic carbocycles. The fourth-order valence-corrected chi connectivity index (χ4v) is 4.13. The summed E-state index contributed by atoms with van der Waals surface area (Å²) in [6.07, 6.45) is 9.62. The fourth-order valence-electron chi connectivity index (χ4n) is 3.96. The topological polar surface area (TPSA) is 140 Å². The highest BCUT2D eigenvalue weighted by Gasteiger charge is 2.13. The molecule has 204 valence electrons. The maximum absolute atomic E-state index is 12.6. The zero-order valence-corrected chi connectivity index (χ0v) is 22.6. The number of urea groups is 1. The Labute approximate surface area is 238 Å². The highest BCUT2D eigenvalue weighted by molar-refractivity contribution is 6.31. The third kappa shape index (κ3) is 5.60. The molecule has 6 aromatic rings. The highest BCUT2D eigenvalue weighted by Crippen LogP contribution is 2.28. The Balaban J connectivity index is 1.10. The fraction of sp³-hybridized carbons (Fsp3) is 0.0741. The summed E-state index contributed by atoms with van der Waals surface area (Å²) in [6, 6.07) is 14.0. The van der Waals surface area contributed by atoms with E-state index in [2.05, 4.69) is 35.9 Å². The molecule has 0 unspecified atom stereocenters. The maximum Gasteiger partial charge on any atom is 0.323 e. The molecule has 0 aliphatic rings. The van der Waals surface area contributed by atoms with E-state index in [-0.39, 0.29) is 6.01 Å². The number of nitrogens with one attached hydrogen (secondary N) is 2. The van der Waals surface area contributed by atoms with Crippen molar-refractivity contribution in [3.63, 3.8) is 0 Å². The van der Waals surface area contributed by atoms with Gasteiger partial charge in [0.2, 0.25) is 0 Å². The van der Waals surface area contributed by atoms with Gasteiger partial charge in [0.05, 0.1) is 42.4 Å². The van der Waals surface area contributed by atoms with Crippen LogP contribution in [0.1, 0.15) is 0 Å². The van der Waals surface area contributed by atoms with Crippen LogP contribution < -0.4 is 20.3 Å². The molecule has 41 heavy (non-hydrogen) atoms. The first-order valence-electron chi connectivity index (χ1n) is 12.3. The minimum Gasteiger partial charge on any atom is -0.424 e. The van der Waals surface area contributed by atoms with Gasteiger partial charge in [0.1, 0.15) is 17.3 Å². The van der Waals surface area contributed by atoms with Crippen LogP contribution in [0.2, 0.25) is 5.02 Å². The van der Waals surface area contributed by atoms with E-state index < -0.39 is 6.03 Å². The van der Waals surface area contributed by atoms with Gasteiger partial charge in [-0.3, -0.25) is 0 Å². The zero-order valence-electron chi connectivity index (χ0n) is 21.8. The maximum atomic E-state index is 12.6. The van der Waals surface area contributed by atoms with Crippen LogP contribution in [0, 0.1) is 0 Å². The van der Waals surface area contributed by atoms with Crippen LogP contribution in [0.5, 0.6) is 11.8 Å². The predicted molar refractivity (Wildman–Crippen MR) is 154 cm³/mol. The van der Waals surface area contributed by atoms with E-state index in [1.807, 2.05) is 55.5 Å². The Morgan fingerprint density at radius 2 is 1.68 bits per heavy atom. The lowest BCUT2D eigenvalue weighted by Gasteiger charge is -2.12. The summed E-state index contributed by atoms with van der Waals surface area (Å²) in [5, 5.41) is 18.5. The quantitative estimate of drug-likeness (QED) is 0.275. The lowest BCUT2D eigenvalue weighted by atomic mass is 10.1. The average Bonchev–Trinajstić information content (AvgIpc) is 3.65. The molecule has 0 aliphatic carbocycles. The van der Waals surface area contributed by atoms with E-state index in [0.29, 0.717) is 27.8 Å². The van der Waals surface area contributed by atoms with Crippen molar-refractivity contribution in [3.05, 3.63) is 90.7 Å². The molecule has 0 aliphatic heterocycles. The number of ether oxygens (including phenoxy) is 1. The zero-order chi connectivity index (χ0) is 28.3. The molecule has 4 heterocycles. The van der Waals surface area contributed by atoms with Crippen LogP contribution in [-0.4, -0.2) is 59.7 Å². The van der Waals surface area contributed by atoms with E-state index >= 15 is 0 Å². The molecular formula is C27H22ClN11O2. The average molecular weight is 568 g/mol. The van der Waals surface area contributed by atoms with Crippen LogP contribution >= 0.6 is 11.6 Å². The normalized spacial score (nSPS) is 10.9. The molecule has 0 radical (unpaired) electrons. The van der Waals surface area contributed by atoms with Crippen LogP contribution in [0.25, 0.3) is 22.5 Å². The van der Waals surface area contributed by atoms with Gasteiger partial charge in [0.15, 0.2) is 5.65 Å². The van der Waals surface area contributed by atoms with Gasteiger partial charge in [-0.2, -0.15) is 15.3 Å². The van der Waals surface area contributed by atoms with E-state index in [1.54, 1.807) is 28.9 Å². The Kier molecular flexibility index (Phi) is 6.83. The third-order valence-electron chi connectivity index (χ3n) is 5.91. The standard InChI is InChI=1S/C27H22ClN11O2/c1-37(2)24-9-12-38-25(36-24)21(16-33-38)17-3-6-20(7-4-17)41-27-29-14-19(15-30-27)34-26(40)35-22-13-18(28)5-8-23(22)39-31-10-11-32-39/h3-16H,1-2H3,(H2,34,35,40). The molecule has 13 nitrogen and oxygen atoms in total. The summed E-state index contributed by atoms with van der Waals surface area (Å²) in [7, 11) is 3.89. The third-order valence-corrected chi connectivity index (χ3v) is 6.15. The number of hydrogen-bond donors (Lipinski definition) is 2. The monoisotopic (exact) mass is 567 g/mol. The van der Waals surface area contributed by atoms with Crippen LogP contribution in [0.4, 0.5) is 22.0 Å². The molecule has 0 fully saturated rings. The molecule has 0 saturated heterocycles. The van der Waals surface area contributed by atoms with Gasteiger partial charge in [-0.15, -0.1) is 4.80 Å². The van der Waals surface area contributed by atoms with Crippen LogP contribution in [0.15, 0.2) is 85.7 Å². The molecule has 14 heteroatoms. The van der Waals surface area contributed by atoms with Crippen molar-refractivity contribution in [2.75, 3.05) is 29.6 Å². The molecule has 0 spiro atoms. The lowest BCUT2D eigenvalue weighted by molar-refractivity contribution is 0.262. The highest BCUT2D eigenvalue weighted by atomic mass is 35.5. The van der Waals surface area contributed by atoms with E-state index in [1.165, 1.54) is 29.6 Å². The number of amides is 2. The van der Waals surface area contributed by atoms with Gasteiger partial charge in [-0.25, -0.2) is 24.3 Å². The lowest BCUT2D eigenvalue weighted by Crippen LogP contribution is -2.21. The van der Waals surface area contributed by atoms with Gasteiger partial charge >= 0.3 is 12.0 Å². The summed E-state index contributed by atoms with van der Waals surface area (Å²) in [5.41, 5.74) is 3.93. The summed E-state index contributed by atoms with van der Waals surface area (Å²) >= 11 is 6.12. The number of rotatable bonds is 7. The number of hydrogen-bond acceptors (Lipinski definition) is 9. The van der Waals surface area contributed by atoms with Gasteiger partial charge in [-0.05, 0) is 42.0 Å². The molecule has 2 N–H and O–H groups in total. The number of benzene rings is 2. The first-order valence-corrected chi connectivity index (χ1v) is 12.7. The second-order valence-electron chi connectivity index (χ2n) is 8.95. The van der Waals surface area contributed by atoms with Gasteiger partial charge < -0.3 is 20.3 Å². The smallest absolute Gasteiger partial charge is 0.323 e. The molecule has 4 aromatic heterocycles. The Morgan fingerprint density at radius 1 is 0.927 bits per heavy atom. The summed E-state index contributed by atoms with van der Waals surface area (Å²) in [4.78, 5) is 29.1. The van der Waals surface area contributed by atoms with E-state index in [0.717, 1.165) is 22.6 Å². The molecule has 0 atom stereocenters. The van der Waals surface area contributed by atoms with Crippen LogP contribution in [-0.2, 0) is 0 Å². The first-order chi connectivity index (χ1) is 19.9. The molecule has 0 bridgehead atoms. The van der Waals surface area contributed by atoms with Gasteiger partial charge in [-0.1, -0.05) is 23.7 Å². The molecule has 2 amide bonds. The summed E-state index contributed by atoms with van der Waals surface area (Å²) < 4.78 is 7.53. The molecule has 0 saturated carbocycles. The van der Waals surface area contributed by atoms with Gasteiger partial charge in [0, 0.05) is 30.9 Å². The van der Waals surface area contributed by atoms with Crippen molar-refractivity contribution < 1.29 is 9.53 Å². The molecular weight excluding hydrogens is 546 g/mol. The number of halogens is 1. The van der Waals surface area contributed by atoms with Crippen LogP contribution in [0.3, 0.4) is 0 Å². The minimum absolute atomic E-state index is 0.124. The number of nitrogens with zero attached hydrogens (tertiary/aromatic N) is 9. The SMILES string of the molecule is CN(C)c1ccn2ncc(-c3ccc(Oc4ncc(NC(=O)Nc5cc(Cl)ccc5-n5nccn5)cn4)cc3)c2n1.